The number of aryl methyl sites for hydroxylation is 1. The Morgan fingerprint density at radius 2 is 1.80 bits per heavy atom. The molecule has 0 unspecified atom stereocenters. The van der Waals surface area contributed by atoms with Gasteiger partial charge in [-0.1, -0.05) is 0 Å². The molecule has 3 amide bonds. The quantitative estimate of drug-likeness (QED) is 0.608. The Labute approximate surface area is 203 Å². The van der Waals surface area contributed by atoms with Crippen LogP contribution in [0.25, 0.3) is 10.9 Å². The first-order valence-corrected chi connectivity index (χ1v) is 11.9. The summed E-state index contributed by atoms with van der Waals surface area (Å²) in [4.78, 5) is 41.3. The van der Waals surface area contributed by atoms with Crippen molar-refractivity contribution in [3.05, 3.63) is 52.4 Å². The molecular weight excluding hydrogens is 448 g/mol. The number of methoxy groups -OCH3 is 1. The highest BCUT2D eigenvalue weighted by atomic mass is 16.5. The van der Waals surface area contributed by atoms with Gasteiger partial charge in [0.2, 0.25) is 5.88 Å². The molecule has 3 heterocycles. The molecule has 0 spiro atoms. The Balaban J connectivity index is 1.35. The Morgan fingerprint density at radius 3 is 2.49 bits per heavy atom. The number of likely N-dealkylation sites (N-methyl/N-ethyl adjacent to an activating group) is 1. The Morgan fingerprint density at radius 1 is 1.06 bits per heavy atom. The number of ether oxygens (including phenoxy) is 1. The van der Waals surface area contributed by atoms with Crippen LogP contribution in [0, 0.1) is 0 Å². The minimum atomic E-state index is -0.370. The molecule has 1 aromatic carbocycles. The number of carbonyl (C=O) groups excluding carboxylic acids is 2. The maximum absolute atomic E-state index is 12.9. The van der Waals surface area contributed by atoms with Crippen LogP contribution in [0.15, 0.2) is 41.3 Å². The van der Waals surface area contributed by atoms with Crippen molar-refractivity contribution in [2.75, 3.05) is 32.6 Å². The predicted molar refractivity (Wildman–Crippen MR) is 132 cm³/mol. The molecule has 1 aliphatic carbocycles. The van der Waals surface area contributed by atoms with E-state index in [4.69, 9.17) is 9.84 Å². The van der Waals surface area contributed by atoms with E-state index < -0.39 is 0 Å². The van der Waals surface area contributed by atoms with Gasteiger partial charge in [-0.05, 0) is 56.0 Å². The molecule has 3 aromatic rings. The van der Waals surface area contributed by atoms with Crippen molar-refractivity contribution in [1.82, 2.24) is 24.1 Å². The Bertz CT molecular complexity index is 1340. The summed E-state index contributed by atoms with van der Waals surface area (Å²) in [5, 5.41) is 8.24. The Hall–Kier alpha value is -3.82. The van der Waals surface area contributed by atoms with Gasteiger partial charge < -0.3 is 24.4 Å². The minimum Gasteiger partial charge on any atom is -0.481 e. The second kappa shape index (κ2) is 9.09. The van der Waals surface area contributed by atoms with Crippen molar-refractivity contribution in [2.45, 2.75) is 37.8 Å². The van der Waals surface area contributed by atoms with Crippen LogP contribution in [0.1, 0.15) is 42.1 Å². The lowest BCUT2D eigenvalue weighted by molar-refractivity contribution is 0.102. The number of nitrogens with one attached hydrogen (secondary N) is 1. The van der Waals surface area contributed by atoms with Gasteiger partial charge in [-0.15, -0.1) is 0 Å². The summed E-state index contributed by atoms with van der Waals surface area (Å²) >= 11 is 0. The largest absolute Gasteiger partial charge is 0.481 e. The molecule has 10 nitrogen and oxygen atoms in total. The third kappa shape index (κ3) is 4.13. The summed E-state index contributed by atoms with van der Waals surface area (Å²) in [5.74, 6) is 0.247. The molecule has 1 N–H and O–H groups in total. The number of amides is 3. The predicted octanol–water partition coefficient (Wildman–Crippen LogP) is 2.85. The van der Waals surface area contributed by atoms with Crippen LogP contribution in [0.3, 0.4) is 0 Å². The molecule has 1 saturated heterocycles. The fraction of sp³-hybridized carbons (Fsp3) is 0.440. The van der Waals surface area contributed by atoms with E-state index in [-0.39, 0.29) is 35.3 Å². The summed E-state index contributed by atoms with van der Waals surface area (Å²) in [6.07, 6.45) is 5.27. The van der Waals surface area contributed by atoms with E-state index in [0.29, 0.717) is 11.4 Å². The highest BCUT2D eigenvalue weighted by molar-refractivity contribution is 6.06. The van der Waals surface area contributed by atoms with E-state index in [9.17, 15) is 14.4 Å². The highest BCUT2D eigenvalue weighted by Gasteiger charge is 2.35. The number of hydrogen-bond donors (Lipinski definition) is 1. The van der Waals surface area contributed by atoms with Gasteiger partial charge in [0.1, 0.15) is 5.69 Å². The van der Waals surface area contributed by atoms with Gasteiger partial charge in [0, 0.05) is 45.0 Å². The van der Waals surface area contributed by atoms with Crippen molar-refractivity contribution in [2.24, 2.45) is 7.05 Å². The molecule has 2 aliphatic rings. The van der Waals surface area contributed by atoms with Gasteiger partial charge in [-0.2, -0.15) is 5.10 Å². The number of fused-ring (bicyclic) bond motifs is 1. The van der Waals surface area contributed by atoms with Crippen LogP contribution in [0.5, 0.6) is 5.88 Å². The molecule has 0 bridgehead atoms. The topological polar surface area (TPSA) is 102 Å². The van der Waals surface area contributed by atoms with Crippen molar-refractivity contribution >= 4 is 28.5 Å². The van der Waals surface area contributed by atoms with Gasteiger partial charge in [0.25, 0.3) is 11.5 Å². The lowest BCUT2D eigenvalue weighted by Crippen LogP contribution is -2.40. The van der Waals surface area contributed by atoms with Gasteiger partial charge in [-0.3, -0.25) is 9.59 Å². The standard InChI is InChI=1S/C25H30N6O4/c1-28-12-4-5-21(23(28)33)26-22(32)16-6-11-20-19(15-16)24(35-3)31(27-20)18-9-7-17(8-10-18)30-14-13-29(2)25(30)34/h4-6,11-12,15,17-18H,7-10,13-14H2,1-3H3,(H,26,32). The molecule has 1 saturated carbocycles. The molecule has 2 aromatic heterocycles. The lowest BCUT2D eigenvalue weighted by Gasteiger charge is -2.34. The van der Waals surface area contributed by atoms with E-state index in [1.54, 1.807) is 55.6 Å². The molecule has 184 valence electrons. The van der Waals surface area contributed by atoms with E-state index in [1.807, 2.05) is 16.6 Å². The van der Waals surface area contributed by atoms with Crippen molar-refractivity contribution < 1.29 is 14.3 Å². The fourth-order valence-corrected chi connectivity index (χ4v) is 5.18. The molecule has 0 radical (unpaired) electrons. The summed E-state index contributed by atoms with van der Waals surface area (Å²) in [5.41, 5.74) is 1.11. The molecule has 35 heavy (non-hydrogen) atoms. The average molecular weight is 479 g/mol. The maximum Gasteiger partial charge on any atom is 0.320 e. The summed E-state index contributed by atoms with van der Waals surface area (Å²) in [6.45, 7) is 1.57. The molecular formula is C25H30N6O4. The zero-order valence-corrected chi connectivity index (χ0v) is 20.2. The summed E-state index contributed by atoms with van der Waals surface area (Å²) < 4.78 is 9.08. The monoisotopic (exact) mass is 478 g/mol. The van der Waals surface area contributed by atoms with Gasteiger partial charge >= 0.3 is 6.03 Å². The first kappa shape index (κ1) is 22.9. The van der Waals surface area contributed by atoms with E-state index in [2.05, 4.69) is 5.32 Å². The number of urea groups is 1. The van der Waals surface area contributed by atoms with Gasteiger partial charge in [-0.25, -0.2) is 9.48 Å². The minimum absolute atomic E-state index is 0.120. The second-order valence-corrected chi connectivity index (χ2v) is 9.34. The second-order valence-electron chi connectivity index (χ2n) is 9.34. The first-order chi connectivity index (χ1) is 16.9. The first-order valence-electron chi connectivity index (χ1n) is 11.9. The van der Waals surface area contributed by atoms with Crippen molar-refractivity contribution in [1.29, 1.82) is 0 Å². The summed E-state index contributed by atoms with van der Waals surface area (Å²) in [6, 6.07) is 9.10. The van der Waals surface area contributed by atoms with Crippen molar-refractivity contribution in [3.63, 3.8) is 0 Å². The van der Waals surface area contributed by atoms with Crippen LogP contribution in [-0.4, -0.2) is 69.4 Å². The maximum atomic E-state index is 12.9. The van der Waals surface area contributed by atoms with E-state index in [0.717, 1.165) is 49.7 Å². The molecule has 10 heteroatoms. The number of nitrogens with zero attached hydrogens (tertiary/aromatic N) is 5. The third-order valence-corrected chi connectivity index (χ3v) is 7.18. The van der Waals surface area contributed by atoms with Gasteiger partial charge in [0.15, 0.2) is 0 Å². The fourth-order valence-electron chi connectivity index (χ4n) is 5.18. The number of pyridine rings is 1. The number of benzene rings is 1. The SMILES string of the molecule is COc1c2cc(C(=O)Nc3cccn(C)c3=O)ccc2nn1C1CCC(N2CCN(C)C2=O)CC1. The average Bonchev–Trinajstić information content (AvgIpc) is 3.41. The van der Waals surface area contributed by atoms with Crippen LogP contribution in [-0.2, 0) is 7.05 Å². The smallest absolute Gasteiger partial charge is 0.320 e. The number of aromatic nitrogens is 3. The van der Waals surface area contributed by atoms with Crippen LogP contribution >= 0.6 is 0 Å². The normalized spacial score (nSPS) is 20.5. The zero-order valence-electron chi connectivity index (χ0n) is 20.2. The zero-order chi connectivity index (χ0) is 24.7. The van der Waals surface area contributed by atoms with Gasteiger partial charge in [0.05, 0.1) is 24.1 Å². The number of carbonyl (C=O) groups is 2. The van der Waals surface area contributed by atoms with Crippen LogP contribution in [0.2, 0.25) is 0 Å². The number of anilines is 1. The third-order valence-electron chi connectivity index (χ3n) is 7.18. The van der Waals surface area contributed by atoms with E-state index in [1.165, 1.54) is 4.57 Å². The molecule has 0 atom stereocenters. The van der Waals surface area contributed by atoms with Crippen LogP contribution in [0.4, 0.5) is 10.5 Å². The summed E-state index contributed by atoms with van der Waals surface area (Å²) in [7, 11) is 5.10. The van der Waals surface area contributed by atoms with Crippen molar-refractivity contribution in [3.8, 4) is 5.88 Å². The number of hydrogen-bond acceptors (Lipinski definition) is 5. The van der Waals surface area contributed by atoms with E-state index >= 15 is 0 Å². The molecule has 5 rings (SSSR count). The molecule has 2 fully saturated rings. The highest BCUT2D eigenvalue weighted by Crippen LogP contribution is 2.37. The Kier molecular flexibility index (Phi) is 5.96. The number of rotatable bonds is 5. The van der Waals surface area contributed by atoms with Crippen LogP contribution < -0.4 is 15.6 Å². The molecule has 1 aliphatic heterocycles. The lowest BCUT2D eigenvalue weighted by atomic mass is 9.90.